The van der Waals surface area contributed by atoms with Crippen LogP contribution >= 0.6 is 23.2 Å². The minimum Gasteiger partial charge on any atom is -0.367 e. The number of amides is 1. The maximum atomic E-state index is 12.7. The molecule has 0 aliphatic carbocycles. The van der Waals surface area contributed by atoms with E-state index in [1.54, 1.807) is 18.3 Å². The Hall–Kier alpha value is -3.26. The van der Waals surface area contributed by atoms with E-state index in [1.807, 2.05) is 71.6 Å². The quantitative estimate of drug-likeness (QED) is 0.363. The normalized spacial score (nSPS) is 10.9. The fourth-order valence-corrected chi connectivity index (χ4v) is 3.34. The molecule has 0 aliphatic rings. The van der Waals surface area contributed by atoms with Crippen molar-refractivity contribution in [2.24, 2.45) is 0 Å². The van der Waals surface area contributed by atoms with Gasteiger partial charge in [0, 0.05) is 24.3 Å². The Bertz CT molecular complexity index is 1040. The smallest absolute Gasteiger partial charge is 0.267 e. The van der Waals surface area contributed by atoms with E-state index in [0.717, 1.165) is 11.1 Å². The Kier molecular flexibility index (Phi) is 7.51. The van der Waals surface area contributed by atoms with Gasteiger partial charge in [-0.2, -0.15) is 5.26 Å². The summed E-state index contributed by atoms with van der Waals surface area (Å²) in [6, 6.07) is 26.5. The highest BCUT2D eigenvalue weighted by Gasteiger charge is 2.14. The van der Waals surface area contributed by atoms with Crippen LogP contribution in [0, 0.1) is 11.3 Å². The van der Waals surface area contributed by atoms with E-state index in [2.05, 4.69) is 5.32 Å². The van der Waals surface area contributed by atoms with Crippen LogP contribution in [0.2, 0.25) is 10.0 Å². The molecule has 30 heavy (non-hydrogen) atoms. The molecule has 3 aromatic rings. The molecule has 4 nitrogen and oxygen atoms in total. The molecule has 0 fully saturated rings. The fraction of sp³-hybridized carbons (Fsp3) is 0.0833. The van der Waals surface area contributed by atoms with E-state index < -0.39 is 5.91 Å². The predicted molar refractivity (Wildman–Crippen MR) is 121 cm³/mol. The minimum atomic E-state index is -0.534. The summed E-state index contributed by atoms with van der Waals surface area (Å²) in [6.45, 7) is 1.10. The monoisotopic (exact) mass is 435 g/mol. The zero-order chi connectivity index (χ0) is 21.3. The molecule has 0 heterocycles. The number of carbonyl (C=O) groups excluding carboxylic acids is 1. The van der Waals surface area contributed by atoms with Gasteiger partial charge in [0.25, 0.3) is 5.91 Å². The molecular formula is C24H19Cl2N3O. The van der Waals surface area contributed by atoms with Gasteiger partial charge in [0.2, 0.25) is 0 Å². The molecule has 3 aromatic carbocycles. The molecule has 3 rings (SSSR count). The molecule has 0 bridgehead atoms. The van der Waals surface area contributed by atoms with Crippen LogP contribution in [0.5, 0.6) is 0 Å². The number of anilines is 1. The van der Waals surface area contributed by atoms with Crippen LogP contribution in [-0.2, 0) is 17.9 Å². The first-order valence-corrected chi connectivity index (χ1v) is 10.0. The van der Waals surface area contributed by atoms with Crippen molar-refractivity contribution in [3.63, 3.8) is 0 Å². The molecule has 0 aliphatic heterocycles. The molecule has 0 saturated heterocycles. The zero-order valence-electron chi connectivity index (χ0n) is 16.1. The molecule has 0 radical (unpaired) electrons. The number of hydrogen-bond acceptors (Lipinski definition) is 3. The number of hydrogen-bond donors (Lipinski definition) is 1. The highest BCUT2D eigenvalue weighted by molar-refractivity contribution is 6.36. The fourth-order valence-electron chi connectivity index (χ4n) is 2.88. The summed E-state index contributed by atoms with van der Waals surface area (Å²) in [5, 5.41) is 13.1. The van der Waals surface area contributed by atoms with Crippen LogP contribution in [0.15, 0.2) is 90.6 Å². The summed E-state index contributed by atoms with van der Waals surface area (Å²) in [7, 11) is 0. The molecule has 0 aromatic heterocycles. The maximum absolute atomic E-state index is 12.7. The lowest BCUT2D eigenvalue weighted by molar-refractivity contribution is -0.112. The van der Waals surface area contributed by atoms with Crippen LogP contribution in [0.3, 0.4) is 0 Å². The Morgan fingerprint density at radius 2 is 1.50 bits per heavy atom. The van der Waals surface area contributed by atoms with Gasteiger partial charge in [0.05, 0.1) is 10.7 Å². The number of nitrogens with zero attached hydrogens (tertiary/aromatic N) is 2. The first-order valence-electron chi connectivity index (χ1n) is 9.25. The average Bonchev–Trinajstić information content (AvgIpc) is 2.75. The molecule has 150 valence electrons. The van der Waals surface area contributed by atoms with Crippen molar-refractivity contribution in [2.45, 2.75) is 13.1 Å². The second-order valence-electron chi connectivity index (χ2n) is 6.61. The summed E-state index contributed by atoms with van der Waals surface area (Å²) in [5.41, 5.74) is 2.52. The number of halogens is 2. The molecular weight excluding hydrogens is 417 g/mol. The first kappa shape index (κ1) is 21.4. The Morgan fingerprint density at radius 1 is 0.933 bits per heavy atom. The van der Waals surface area contributed by atoms with Crippen molar-refractivity contribution >= 4 is 34.8 Å². The molecule has 0 atom stereocenters. The lowest BCUT2D eigenvalue weighted by atomic mass is 10.1. The van der Waals surface area contributed by atoms with E-state index in [0.29, 0.717) is 28.8 Å². The van der Waals surface area contributed by atoms with Crippen molar-refractivity contribution in [1.29, 1.82) is 5.26 Å². The van der Waals surface area contributed by atoms with Gasteiger partial charge in [-0.15, -0.1) is 0 Å². The Balaban J connectivity index is 1.84. The number of benzene rings is 3. The van der Waals surface area contributed by atoms with Gasteiger partial charge in [-0.3, -0.25) is 4.79 Å². The zero-order valence-corrected chi connectivity index (χ0v) is 17.6. The third-order valence-electron chi connectivity index (χ3n) is 4.31. The molecule has 6 heteroatoms. The van der Waals surface area contributed by atoms with E-state index in [-0.39, 0.29) is 5.57 Å². The summed E-state index contributed by atoms with van der Waals surface area (Å²) in [6.07, 6.45) is 1.58. The van der Waals surface area contributed by atoms with Gasteiger partial charge in [-0.1, -0.05) is 83.9 Å². The predicted octanol–water partition coefficient (Wildman–Crippen LogP) is 6.04. The Morgan fingerprint density at radius 3 is 2.00 bits per heavy atom. The van der Waals surface area contributed by atoms with Crippen molar-refractivity contribution in [2.75, 3.05) is 5.32 Å². The highest BCUT2D eigenvalue weighted by Crippen LogP contribution is 2.25. The van der Waals surface area contributed by atoms with Gasteiger partial charge in [-0.05, 0) is 29.3 Å². The van der Waals surface area contributed by atoms with Gasteiger partial charge in [0.1, 0.15) is 11.6 Å². The highest BCUT2D eigenvalue weighted by atomic mass is 35.5. The van der Waals surface area contributed by atoms with Crippen LogP contribution in [0.1, 0.15) is 11.1 Å². The first-order chi connectivity index (χ1) is 14.5. The third kappa shape index (κ3) is 6.12. The van der Waals surface area contributed by atoms with Crippen molar-refractivity contribution in [1.82, 2.24) is 4.90 Å². The largest absolute Gasteiger partial charge is 0.367 e. The molecule has 0 spiro atoms. The number of nitriles is 1. The number of rotatable bonds is 7. The number of carbonyl (C=O) groups is 1. The second kappa shape index (κ2) is 10.5. The SMILES string of the molecule is N#C/C(=C/N(Cc1ccccc1)Cc1ccccc1)C(=O)Nc1ccc(Cl)cc1Cl. The Labute approximate surface area is 186 Å². The van der Waals surface area contributed by atoms with Crippen LogP contribution < -0.4 is 5.32 Å². The van der Waals surface area contributed by atoms with Gasteiger partial charge in [-0.25, -0.2) is 0 Å². The average molecular weight is 436 g/mol. The topological polar surface area (TPSA) is 56.1 Å². The number of nitrogens with one attached hydrogen (secondary N) is 1. The van der Waals surface area contributed by atoms with Crippen molar-refractivity contribution in [3.05, 3.63) is 112 Å². The summed E-state index contributed by atoms with van der Waals surface area (Å²) >= 11 is 12.0. The summed E-state index contributed by atoms with van der Waals surface area (Å²) < 4.78 is 0. The van der Waals surface area contributed by atoms with E-state index in [4.69, 9.17) is 23.2 Å². The van der Waals surface area contributed by atoms with Crippen LogP contribution in [0.4, 0.5) is 5.69 Å². The van der Waals surface area contributed by atoms with Crippen molar-refractivity contribution in [3.8, 4) is 6.07 Å². The van der Waals surface area contributed by atoms with E-state index in [9.17, 15) is 10.1 Å². The molecule has 0 saturated carbocycles. The maximum Gasteiger partial charge on any atom is 0.267 e. The van der Waals surface area contributed by atoms with E-state index >= 15 is 0 Å². The van der Waals surface area contributed by atoms with Crippen LogP contribution in [0.25, 0.3) is 0 Å². The molecule has 1 amide bonds. The summed E-state index contributed by atoms with van der Waals surface area (Å²) in [5.74, 6) is -0.534. The molecule has 0 unspecified atom stereocenters. The minimum absolute atomic E-state index is 0.0205. The summed E-state index contributed by atoms with van der Waals surface area (Å²) in [4.78, 5) is 14.6. The van der Waals surface area contributed by atoms with Gasteiger partial charge < -0.3 is 10.2 Å². The lowest BCUT2D eigenvalue weighted by Gasteiger charge is -2.21. The lowest BCUT2D eigenvalue weighted by Crippen LogP contribution is -2.21. The second-order valence-corrected chi connectivity index (χ2v) is 7.45. The van der Waals surface area contributed by atoms with Gasteiger partial charge in [0.15, 0.2) is 0 Å². The van der Waals surface area contributed by atoms with Crippen LogP contribution in [-0.4, -0.2) is 10.8 Å². The standard InChI is InChI=1S/C24H19Cl2N3O/c25-21-11-12-23(22(26)13-21)28-24(30)20(14-27)17-29(15-18-7-3-1-4-8-18)16-19-9-5-2-6-10-19/h1-13,17H,15-16H2,(H,28,30)/b20-17-. The van der Waals surface area contributed by atoms with Crippen molar-refractivity contribution < 1.29 is 4.79 Å². The van der Waals surface area contributed by atoms with E-state index in [1.165, 1.54) is 6.07 Å². The molecule has 1 N–H and O–H groups in total. The van der Waals surface area contributed by atoms with Gasteiger partial charge >= 0.3 is 0 Å². The third-order valence-corrected chi connectivity index (χ3v) is 4.86.